The summed E-state index contributed by atoms with van der Waals surface area (Å²) >= 11 is 0. The normalized spacial score (nSPS) is 21.8. The lowest BCUT2D eigenvalue weighted by Gasteiger charge is -2.34. The number of nitrogens with zero attached hydrogens (tertiary/aromatic N) is 3. The third kappa shape index (κ3) is 5.00. The molecule has 11 heteroatoms. The van der Waals surface area contributed by atoms with Gasteiger partial charge in [-0.2, -0.15) is 0 Å². The van der Waals surface area contributed by atoms with Crippen molar-refractivity contribution in [2.75, 3.05) is 26.2 Å². The van der Waals surface area contributed by atoms with E-state index in [9.17, 15) is 28.4 Å². The first-order valence-corrected chi connectivity index (χ1v) is 11.3. The number of aliphatic carboxylic acids is 1. The molecule has 1 aromatic carbocycles. The van der Waals surface area contributed by atoms with Crippen LogP contribution in [0.4, 0.5) is 4.39 Å². The largest absolute Gasteiger partial charge is 0.480 e. The summed E-state index contributed by atoms with van der Waals surface area (Å²) in [5, 5.41) is 17.6. The SMILES string of the molecule is C[C@@H](C(=O)O)N1CCCCC1.O=C1CCC(N2C(=O)c3cccc(F)c3C2=O)C(=O)N1CCO. The second-order valence-corrected chi connectivity index (χ2v) is 8.42. The number of β-amino-alcohol motifs (C(OH)–C–C–N with tert-alkyl or cyclic N) is 1. The van der Waals surface area contributed by atoms with E-state index in [-0.39, 0.29) is 36.6 Å². The van der Waals surface area contributed by atoms with Gasteiger partial charge in [-0.15, -0.1) is 0 Å². The van der Waals surface area contributed by atoms with Crippen molar-refractivity contribution in [2.45, 2.75) is 51.1 Å². The molecule has 0 spiro atoms. The fourth-order valence-electron chi connectivity index (χ4n) is 4.40. The fraction of sp³-hybridized carbons (Fsp3) is 0.522. The first-order chi connectivity index (χ1) is 16.2. The predicted octanol–water partition coefficient (Wildman–Crippen LogP) is 0.877. The highest BCUT2D eigenvalue weighted by atomic mass is 19.1. The quantitative estimate of drug-likeness (QED) is 0.597. The Bertz CT molecular complexity index is 993. The molecule has 0 radical (unpaired) electrons. The number of halogens is 1. The Morgan fingerprint density at radius 2 is 1.79 bits per heavy atom. The Morgan fingerprint density at radius 1 is 1.12 bits per heavy atom. The minimum Gasteiger partial charge on any atom is -0.480 e. The van der Waals surface area contributed by atoms with Crippen molar-refractivity contribution in [3.8, 4) is 0 Å². The molecule has 2 saturated heterocycles. The lowest BCUT2D eigenvalue weighted by atomic mass is 10.0. The molecule has 3 aliphatic rings. The van der Waals surface area contributed by atoms with E-state index in [1.165, 1.54) is 18.6 Å². The zero-order chi connectivity index (χ0) is 25.0. The summed E-state index contributed by atoms with van der Waals surface area (Å²) in [5.41, 5.74) is -0.440. The summed E-state index contributed by atoms with van der Waals surface area (Å²) in [6.45, 7) is 3.04. The molecular formula is C23H28FN3O7. The average molecular weight is 477 g/mol. The summed E-state index contributed by atoms with van der Waals surface area (Å²) in [7, 11) is 0. The monoisotopic (exact) mass is 477 g/mol. The summed E-state index contributed by atoms with van der Waals surface area (Å²) in [6, 6.07) is 2.24. The molecular weight excluding hydrogens is 449 g/mol. The Morgan fingerprint density at radius 3 is 2.38 bits per heavy atom. The van der Waals surface area contributed by atoms with Gasteiger partial charge >= 0.3 is 5.97 Å². The molecule has 0 aromatic heterocycles. The van der Waals surface area contributed by atoms with E-state index < -0.39 is 48.1 Å². The maximum Gasteiger partial charge on any atom is 0.320 e. The van der Waals surface area contributed by atoms with Crippen LogP contribution in [0, 0.1) is 5.82 Å². The maximum absolute atomic E-state index is 13.8. The van der Waals surface area contributed by atoms with Crippen molar-refractivity contribution in [3.63, 3.8) is 0 Å². The standard InChI is InChI=1S/C15H13FN2O5.C8H15NO2/c16-9-3-1-2-8-12(9)15(23)18(13(8)21)10-4-5-11(20)17(6-7-19)14(10)22;1-7(8(10)11)9-5-3-2-4-6-9/h1-3,10,19H,4-7H2;7H,2-6H2,1H3,(H,10,11)/t;7-/m.0/s1. The Kier molecular flexibility index (Phi) is 8.11. The van der Waals surface area contributed by atoms with Crippen LogP contribution in [0.25, 0.3) is 0 Å². The van der Waals surface area contributed by atoms with Gasteiger partial charge in [0.2, 0.25) is 5.91 Å². The van der Waals surface area contributed by atoms with Gasteiger partial charge in [-0.1, -0.05) is 12.5 Å². The molecule has 10 nitrogen and oxygen atoms in total. The van der Waals surface area contributed by atoms with Gasteiger partial charge in [-0.25, -0.2) is 4.39 Å². The van der Waals surface area contributed by atoms with Gasteiger partial charge in [0.05, 0.1) is 24.3 Å². The van der Waals surface area contributed by atoms with Crippen LogP contribution in [0.2, 0.25) is 0 Å². The van der Waals surface area contributed by atoms with Gasteiger partial charge in [0.25, 0.3) is 17.7 Å². The number of piperidine rings is 2. The molecule has 3 heterocycles. The number of hydrogen-bond donors (Lipinski definition) is 2. The van der Waals surface area contributed by atoms with Crippen molar-refractivity contribution in [2.24, 2.45) is 0 Å². The van der Waals surface area contributed by atoms with E-state index in [0.29, 0.717) is 4.90 Å². The van der Waals surface area contributed by atoms with Crippen LogP contribution in [-0.4, -0.2) is 92.8 Å². The molecule has 1 aromatic rings. The van der Waals surface area contributed by atoms with Crippen LogP contribution in [0.15, 0.2) is 18.2 Å². The number of aliphatic hydroxyl groups excluding tert-OH is 1. The van der Waals surface area contributed by atoms with Crippen molar-refractivity contribution in [3.05, 3.63) is 35.1 Å². The molecule has 0 bridgehead atoms. The number of rotatable bonds is 5. The summed E-state index contributed by atoms with van der Waals surface area (Å²) in [4.78, 5) is 63.0. The number of fused-ring (bicyclic) bond motifs is 1. The zero-order valence-corrected chi connectivity index (χ0v) is 18.9. The third-order valence-corrected chi connectivity index (χ3v) is 6.31. The van der Waals surface area contributed by atoms with Crippen LogP contribution < -0.4 is 0 Å². The molecule has 2 fully saturated rings. The Labute approximate surface area is 195 Å². The van der Waals surface area contributed by atoms with Gasteiger partial charge in [-0.05, 0) is 51.4 Å². The van der Waals surface area contributed by atoms with Gasteiger partial charge < -0.3 is 10.2 Å². The Balaban J connectivity index is 0.000000248. The molecule has 3 aliphatic heterocycles. The summed E-state index contributed by atoms with van der Waals surface area (Å²) in [5.74, 6) is -4.35. The summed E-state index contributed by atoms with van der Waals surface area (Å²) < 4.78 is 13.8. The second kappa shape index (κ2) is 10.8. The second-order valence-electron chi connectivity index (χ2n) is 8.42. The van der Waals surface area contributed by atoms with Crippen LogP contribution in [0.5, 0.6) is 0 Å². The number of carbonyl (C=O) groups is 5. The molecule has 1 unspecified atom stereocenters. The van der Waals surface area contributed by atoms with Crippen molar-refractivity contribution < 1.29 is 38.6 Å². The van der Waals surface area contributed by atoms with Crippen molar-refractivity contribution >= 4 is 29.6 Å². The molecule has 2 N–H and O–H groups in total. The molecule has 0 saturated carbocycles. The molecule has 4 rings (SSSR count). The van der Waals surface area contributed by atoms with Crippen LogP contribution in [0.1, 0.15) is 59.7 Å². The van der Waals surface area contributed by atoms with E-state index in [4.69, 9.17) is 10.2 Å². The number of carboxylic acids is 1. The highest BCUT2D eigenvalue weighted by Crippen LogP contribution is 2.30. The first-order valence-electron chi connectivity index (χ1n) is 11.3. The van der Waals surface area contributed by atoms with E-state index >= 15 is 0 Å². The number of hydrogen-bond acceptors (Lipinski definition) is 7. The van der Waals surface area contributed by atoms with Gasteiger partial charge in [0.1, 0.15) is 17.9 Å². The highest BCUT2D eigenvalue weighted by molar-refractivity contribution is 6.23. The van der Waals surface area contributed by atoms with Gasteiger partial charge in [-0.3, -0.25) is 38.7 Å². The lowest BCUT2D eigenvalue weighted by Crippen LogP contribution is -2.56. The molecule has 2 atom stereocenters. The number of benzene rings is 1. The lowest BCUT2D eigenvalue weighted by molar-refractivity contribution is -0.152. The Hall–Kier alpha value is -3.18. The topological polar surface area (TPSA) is 136 Å². The molecule has 184 valence electrons. The zero-order valence-electron chi connectivity index (χ0n) is 18.9. The van der Waals surface area contributed by atoms with E-state index in [0.717, 1.165) is 36.9 Å². The predicted molar refractivity (Wildman–Crippen MR) is 116 cm³/mol. The number of likely N-dealkylation sites (tertiary alicyclic amines) is 2. The molecule has 0 aliphatic carbocycles. The maximum atomic E-state index is 13.8. The van der Waals surface area contributed by atoms with E-state index in [2.05, 4.69) is 0 Å². The number of carbonyl (C=O) groups excluding carboxylic acids is 4. The number of imide groups is 2. The van der Waals surface area contributed by atoms with Crippen LogP contribution >= 0.6 is 0 Å². The van der Waals surface area contributed by atoms with Crippen molar-refractivity contribution in [1.29, 1.82) is 0 Å². The minimum absolute atomic E-state index is 0.00726. The van der Waals surface area contributed by atoms with E-state index in [1.807, 2.05) is 4.90 Å². The third-order valence-electron chi connectivity index (χ3n) is 6.31. The van der Waals surface area contributed by atoms with Crippen LogP contribution in [-0.2, 0) is 14.4 Å². The molecule has 34 heavy (non-hydrogen) atoms. The number of carboxylic acid groups (broad SMARTS) is 1. The van der Waals surface area contributed by atoms with Gasteiger partial charge in [0, 0.05) is 6.42 Å². The number of amides is 4. The average Bonchev–Trinajstić information content (AvgIpc) is 3.08. The fourth-order valence-corrected chi connectivity index (χ4v) is 4.40. The van der Waals surface area contributed by atoms with Gasteiger partial charge in [0.15, 0.2) is 0 Å². The van der Waals surface area contributed by atoms with Crippen molar-refractivity contribution in [1.82, 2.24) is 14.7 Å². The summed E-state index contributed by atoms with van der Waals surface area (Å²) in [6.07, 6.45) is 3.51. The van der Waals surface area contributed by atoms with E-state index in [1.54, 1.807) is 6.92 Å². The number of aliphatic hydroxyl groups is 1. The van der Waals surface area contributed by atoms with Crippen LogP contribution in [0.3, 0.4) is 0 Å². The highest BCUT2D eigenvalue weighted by Gasteiger charge is 2.47. The first kappa shape index (κ1) is 25.4. The smallest absolute Gasteiger partial charge is 0.320 e. The minimum atomic E-state index is -1.16. The molecule has 4 amide bonds.